The molecule has 38 heavy (non-hydrogen) atoms. The number of nitrogens with zero attached hydrogens (tertiary/aromatic N) is 5. The van der Waals surface area contributed by atoms with Crippen molar-refractivity contribution in [3.8, 4) is 0 Å². The van der Waals surface area contributed by atoms with Gasteiger partial charge < -0.3 is 15.0 Å². The van der Waals surface area contributed by atoms with E-state index in [1.807, 2.05) is 17.0 Å². The van der Waals surface area contributed by atoms with Crippen LogP contribution in [0.5, 0.6) is 0 Å². The first kappa shape index (κ1) is 24.1. The van der Waals surface area contributed by atoms with Crippen LogP contribution >= 0.6 is 0 Å². The second-order valence-electron chi connectivity index (χ2n) is 9.69. The summed E-state index contributed by atoms with van der Waals surface area (Å²) in [5.41, 5.74) is 3.31. The minimum Gasteiger partial charge on any atom is -0.464 e. The molecule has 1 aromatic carbocycles. The van der Waals surface area contributed by atoms with Crippen molar-refractivity contribution >= 4 is 23.1 Å². The fraction of sp³-hybridized carbons (Fsp3) is 0.333. The maximum Gasteiger partial charge on any atom is 0.358 e. The Balaban J connectivity index is 1.23. The van der Waals surface area contributed by atoms with Gasteiger partial charge in [-0.2, -0.15) is 10.2 Å². The van der Waals surface area contributed by atoms with Gasteiger partial charge in [-0.3, -0.25) is 9.48 Å². The molecular weight excluding hydrogens is 494 g/mol. The molecule has 0 spiro atoms. The van der Waals surface area contributed by atoms with Gasteiger partial charge in [0, 0.05) is 48.7 Å². The highest BCUT2D eigenvalue weighted by molar-refractivity contribution is 6.01. The fourth-order valence-electron chi connectivity index (χ4n) is 5.53. The topological polar surface area (TPSA) is 93.8 Å². The van der Waals surface area contributed by atoms with Crippen LogP contribution in [-0.2, 0) is 17.7 Å². The first-order chi connectivity index (χ1) is 18.4. The summed E-state index contributed by atoms with van der Waals surface area (Å²) in [5.74, 6) is -1.64. The lowest BCUT2D eigenvalue weighted by atomic mass is 10.0. The maximum atomic E-state index is 14.6. The summed E-state index contributed by atoms with van der Waals surface area (Å²) in [6, 6.07) is 8.56. The first-order valence-electron chi connectivity index (χ1n) is 12.6. The van der Waals surface area contributed by atoms with Crippen LogP contribution in [0.15, 0.2) is 48.8 Å². The van der Waals surface area contributed by atoms with Crippen LogP contribution < -0.4 is 10.2 Å². The zero-order chi connectivity index (χ0) is 26.4. The number of fused-ring (bicyclic) bond motifs is 2. The van der Waals surface area contributed by atoms with E-state index >= 15 is 0 Å². The lowest BCUT2D eigenvalue weighted by Crippen LogP contribution is -2.40. The number of aryl methyl sites for hydroxylation is 1. The normalized spacial score (nSPS) is 19.0. The molecule has 0 radical (unpaired) electrons. The predicted molar refractivity (Wildman–Crippen MR) is 134 cm³/mol. The molecule has 2 aliphatic rings. The largest absolute Gasteiger partial charge is 0.464 e. The van der Waals surface area contributed by atoms with Crippen molar-refractivity contribution in [2.24, 2.45) is 0 Å². The Hall–Kier alpha value is -4.28. The first-order valence-corrected chi connectivity index (χ1v) is 12.6. The molecule has 9 nitrogen and oxygen atoms in total. The summed E-state index contributed by atoms with van der Waals surface area (Å²) >= 11 is 0. The lowest BCUT2D eigenvalue weighted by Gasteiger charge is -2.27. The molecule has 1 fully saturated rings. The third-order valence-corrected chi connectivity index (χ3v) is 7.39. The predicted octanol–water partition coefficient (Wildman–Crippen LogP) is 3.68. The van der Waals surface area contributed by atoms with Crippen molar-refractivity contribution in [1.29, 1.82) is 0 Å². The molecule has 5 heterocycles. The average Bonchev–Trinajstić information content (AvgIpc) is 3.67. The minimum atomic E-state index is -0.491. The molecule has 196 valence electrons. The van der Waals surface area contributed by atoms with Gasteiger partial charge in [-0.05, 0) is 55.7 Å². The van der Waals surface area contributed by atoms with Crippen molar-refractivity contribution in [2.75, 3.05) is 18.6 Å². The van der Waals surface area contributed by atoms with E-state index in [0.717, 1.165) is 29.9 Å². The molecule has 1 amide bonds. The number of anilines is 1. The number of amides is 1. The second-order valence-corrected chi connectivity index (χ2v) is 9.69. The van der Waals surface area contributed by atoms with Gasteiger partial charge in [-0.1, -0.05) is 0 Å². The lowest BCUT2D eigenvalue weighted by molar-refractivity contribution is 0.0592. The van der Waals surface area contributed by atoms with E-state index in [4.69, 9.17) is 4.74 Å². The summed E-state index contributed by atoms with van der Waals surface area (Å²) in [5, 5.41) is 11.7. The van der Waals surface area contributed by atoms with E-state index in [2.05, 4.69) is 15.5 Å². The van der Waals surface area contributed by atoms with E-state index < -0.39 is 17.6 Å². The van der Waals surface area contributed by atoms with Crippen molar-refractivity contribution in [3.63, 3.8) is 0 Å². The number of aromatic nitrogens is 4. The van der Waals surface area contributed by atoms with Crippen molar-refractivity contribution in [2.45, 2.75) is 44.3 Å². The molecule has 6 rings (SSSR count). The van der Waals surface area contributed by atoms with Gasteiger partial charge in [0.1, 0.15) is 11.6 Å². The Morgan fingerprint density at radius 1 is 1.11 bits per heavy atom. The number of hydrogen-bond acceptors (Lipinski definition) is 6. The number of carbonyl (C=O) groups is 2. The number of ether oxygens (including phenoxy) is 1. The smallest absolute Gasteiger partial charge is 0.358 e. The quantitative estimate of drug-likeness (QED) is 0.404. The number of pyridine rings is 1. The minimum absolute atomic E-state index is 0.130. The van der Waals surface area contributed by atoms with Crippen LogP contribution in [0, 0.1) is 11.6 Å². The highest BCUT2D eigenvalue weighted by Crippen LogP contribution is 2.38. The third-order valence-electron chi connectivity index (χ3n) is 7.39. The number of hydrogen-bond donors (Lipinski definition) is 1. The molecule has 0 bridgehead atoms. The van der Waals surface area contributed by atoms with Gasteiger partial charge in [0.2, 0.25) is 0 Å². The number of carbonyl (C=O) groups excluding carboxylic acids is 2. The van der Waals surface area contributed by atoms with Crippen molar-refractivity contribution < 1.29 is 23.1 Å². The number of methoxy groups -OCH3 is 1. The van der Waals surface area contributed by atoms with Gasteiger partial charge in [0.05, 0.1) is 30.4 Å². The fourth-order valence-corrected chi connectivity index (χ4v) is 5.53. The van der Waals surface area contributed by atoms with Crippen LogP contribution in [0.25, 0.3) is 5.52 Å². The molecule has 11 heteroatoms. The zero-order valence-corrected chi connectivity index (χ0v) is 20.7. The van der Waals surface area contributed by atoms with Crippen molar-refractivity contribution in [1.82, 2.24) is 24.7 Å². The van der Waals surface area contributed by atoms with E-state index in [9.17, 15) is 18.4 Å². The molecule has 3 aromatic heterocycles. The molecular formula is C27H26F2N6O3. The number of nitrogens with one attached hydrogen (secondary N) is 1. The van der Waals surface area contributed by atoms with Gasteiger partial charge in [0.25, 0.3) is 5.91 Å². The third kappa shape index (κ3) is 4.27. The molecule has 1 saturated heterocycles. The van der Waals surface area contributed by atoms with Gasteiger partial charge >= 0.3 is 5.97 Å². The van der Waals surface area contributed by atoms with Crippen LogP contribution in [0.2, 0.25) is 0 Å². The van der Waals surface area contributed by atoms with Gasteiger partial charge in [0.15, 0.2) is 5.69 Å². The Labute approximate surface area is 217 Å². The van der Waals surface area contributed by atoms with Crippen LogP contribution in [0.4, 0.5) is 14.5 Å². The SMILES string of the molecule is COC(=O)c1cc2n(n1)CCC(NC(=O)c1cnn3ccc(N4CCC[C@@H]4c4cc(F)ccc4F)cc13)C2. The van der Waals surface area contributed by atoms with Crippen LogP contribution in [0.3, 0.4) is 0 Å². The molecule has 2 aliphatic heterocycles. The summed E-state index contributed by atoms with van der Waals surface area (Å²) in [4.78, 5) is 27.2. The zero-order valence-electron chi connectivity index (χ0n) is 20.7. The second kappa shape index (κ2) is 9.55. The van der Waals surface area contributed by atoms with Crippen LogP contribution in [0.1, 0.15) is 57.4 Å². The van der Waals surface area contributed by atoms with E-state index in [0.29, 0.717) is 49.0 Å². The molecule has 1 N–H and O–H groups in total. The monoisotopic (exact) mass is 520 g/mol. The highest BCUT2D eigenvalue weighted by Gasteiger charge is 2.30. The number of rotatable bonds is 5. The average molecular weight is 521 g/mol. The molecule has 4 aromatic rings. The maximum absolute atomic E-state index is 14.6. The molecule has 2 atom stereocenters. The van der Waals surface area contributed by atoms with Crippen LogP contribution in [-0.4, -0.2) is 51.0 Å². The van der Waals surface area contributed by atoms with Gasteiger partial charge in [-0.15, -0.1) is 0 Å². The molecule has 0 aliphatic carbocycles. The summed E-state index contributed by atoms with van der Waals surface area (Å²) in [6.07, 6.45) is 6.05. The highest BCUT2D eigenvalue weighted by atomic mass is 19.1. The standard InChI is InChI=1S/C27H26F2N6O3/c1-38-27(37)23-13-19-12-17(6-9-34(19)32-23)31-26(36)21-15-30-35-10-7-18(14-25(21)35)33-8-2-3-24(33)20-11-16(28)4-5-22(20)29/h4-5,7,10-11,13-15,17,24H,2-3,6,8-9,12H2,1H3,(H,31,36)/t17?,24-/m1/s1. The number of benzene rings is 1. The Bertz CT molecular complexity index is 1550. The number of esters is 1. The molecule has 1 unspecified atom stereocenters. The Morgan fingerprint density at radius 3 is 2.82 bits per heavy atom. The van der Waals surface area contributed by atoms with E-state index in [1.165, 1.54) is 19.4 Å². The van der Waals surface area contributed by atoms with E-state index in [-0.39, 0.29) is 23.7 Å². The summed E-state index contributed by atoms with van der Waals surface area (Å²) in [6.45, 7) is 1.26. The summed E-state index contributed by atoms with van der Waals surface area (Å²) in [7, 11) is 1.31. The Morgan fingerprint density at radius 2 is 1.97 bits per heavy atom. The van der Waals surface area contributed by atoms with Crippen molar-refractivity contribution in [3.05, 3.63) is 82.9 Å². The summed E-state index contributed by atoms with van der Waals surface area (Å²) < 4.78 is 36.6. The van der Waals surface area contributed by atoms with E-state index in [1.54, 1.807) is 21.5 Å². The van der Waals surface area contributed by atoms with Gasteiger partial charge in [-0.25, -0.2) is 18.1 Å². The Kier molecular flexibility index (Phi) is 6.05. The molecule has 0 saturated carbocycles. The number of halogens is 2.